The van der Waals surface area contributed by atoms with Crippen molar-refractivity contribution < 1.29 is 14.4 Å². The van der Waals surface area contributed by atoms with Gasteiger partial charge < -0.3 is 14.8 Å². The van der Waals surface area contributed by atoms with Gasteiger partial charge in [0.15, 0.2) is 5.75 Å². The van der Waals surface area contributed by atoms with E-state index in [-0.39, 0.29) is 11.4 Å². The van der Waals surface area contributed by atoms with Gasteiger partial charge in [0.1, 0.15) is 12.4 Å². The van der Waals surface area contributed by atoms with Crippen LogP contribution in [-0.4, -0.2) is 30.2 Å². The summed E-state index contributed by atoms with van der Waals surface area (Å²) in [4.78, 5) is 14.5. The van der Waals surface area contributed by atoms with E-state index in [1.165, 1.54) is 19.2 Å². The van der Waals surface area contributed by atoms with Crippen molar-refractivity contribution in [2.24, 2.45) is 0 Å². The van der Waals surface area contributed by atoms with E-state index in [1.54, 1.807) is 18.5 Å². The number of nitro groups is 1. The van der Waals surface area contributed by atoms with Crippen LogP contribution >= 0.6 is 0 Å². The lowest BCUT2D eigenvalue weighted by atomic mass is 10.3. The smallest absolute Gasteiger partial charge is 0.314 e. The zero-order valence-corrected chi connectivity index (χ0v) is 12.2. The number of rotatable bonds is 8. The fourth-order valence-electron chi connectivity index (χ4n) is 1.88. The second-order valence-corrected chi connectivity index (χ2v) is 4.48. The minimum absolute atomic E-state index is 0.108. The van der Waals surface area contributed by atoms with E-state index in [0.29, 0.717) is 25.4 Å². The number of methoxy groups -OCH3 is 1. The largest absolute Gasteiger partial charge is 0.492 e. The molecule has 0 radical (unpaired) electrons. The summed E-state index contributed by atoms with van der Waals surface area (Å²) in [6.45, 7) is 1.72. The molecule has 1 N–H and O–H groups in total. The van der Waals surface area contributed by atoms with E-state index in [9.17, 15) is 10.1 Å². The van der Waals surface area contributed by atoms with Crippen LogP contribution in [-0.2, 0) is 6.54 Å². The fraction of sp³-hybridized carbons (Fsp3) is 0.267. The summed E-state index contributed by atoms with van der Waals surface area (Å²) in [5.41, 5.74) is 0.978. The molecule has 0 amide bonds. The topological polar surface area (TPSA) is 86.5 Å². The highest BCUT2D eigenvalue weighted by Gasteiger charge is 2.15. The van der Waals surface area contributed by atoms with Crippen LogP contribution in [0.2, 0.25) is 0 Å². The van der Waals surface area contributed by atoms with Gasteiger partial charge in [0, 0.05) is 25.5 Å². The van der Waals surface area contributed by atoms with Gasteiger partial charge in [-0.05, 0) is 23.8 Å². The van der Waals surface area contributed by atoms with E-state index in [1.807, 2.05) is 12.1 Å². The Balaban J connectivity index is 1.79. The molecular formula is C15H17N3O4. The minimum Gasteiger partial charge on any atom is -0.492 e. The van der Waals surface area contributed by atoms with Crippen molar-refractivity contribution in [1.29, 1.82) is 0 Å². The van der Waals surface area contributed by atoms with Gasteiger partial charge in [0.25, 0.3) is 0 Å². The Morgan fingerprint density at radius 3 is 2.91 bits per heavy atom. The molecule has 2 aromatic rings. The van der Waals surface area contributed by atoms with Gasteiger partial charge in [0.05, 0.1) is 18.1 Å². The van der Waals surface area contributed by atoms with E-state index < -0.39 is 4.92 Å². The van der Waals surface area contributed by atoms with Gasteiger partial charge in [-0.2, -0.15) is 0 Å². The molecule has 0 spiro atoms. The van der Waals surface area contributed by atoms with E-state index in [2.05, 4.69) is 10.3 Å². The SMILES string of the molecule is COc1ccc(OCCNCc2cccnc2)cc1[N+](=O)[O-]. The number of hydrogen-bond donors (Lipinski definition) is 1. The Morgan fingerprint density at radius 1 is 1.36 bits per heavy atom. The second kappa shape index (κ2) is 7.94. The highest BCUT2D eigenvalue weighted by molar-refractivity contribution is 5.50. The number of pyridine rings is 1. The number of aromatic nitrogens is 1. The zero-order valence-electron chi connectivity index (χ0n) is 12.2. The normalized spacial score (nSPS) is 10.2. The number of nitrogens with one attached hydrogen (secondary N) is 1. The summed E-state index contributed by atoms with van der Waals surface area (Å²) < 4.78 is 10.4. The first-order valence-corrected chi connectivity index (χ1v) is 6.75. The van der Waals surface area contributed by atoms with Crippen LogP contribution in [0.1, 0.15) is 5.56 Å². The molecule has 0 bridgehead atoms. The quantitative estimate of drug-likeness (QED) is 0.457. The first kappa shape index (κ1) is 15.7. The van der Waals surface area contributed by atoms with Crippen LogP contribution in [0.25, 0.3) is 0 Å². The fourth-order valence-corrected chi connectivity index (χ4v) is 1.88. The molecule has 0 saturated carbocycles. The monoisotopic (exact) mass is 303 g/mol. The van der Waals surface area contributed by atoms with Crippen molar-refractivity contribution >= 4 is 5.69 Å². The van der Waals surface area contributed by atoms with Gasteiger partial charge in [-0.25, -0.2) is 0 Å². The zero-order chi connectivity index (χ0) is 15.8. The molecule has 22 heavy (non-hydrogen) atoms. The molecular weight excluding hydrogens is 286 g/mol. The van der Waals surface area contributed by atoms with Crippen molar-refractivity contribution in [3.05, 3.63) is 58.4 Å². The summed E-state index contributed by atoms with van der Waals surface area (Å²) in [5, 5.41) is 14.1. The molecule has 1 heterocycles. The predicted octanol–water partition coefficient (Wildman–Crippen LogP) is 2.17. The molecule has 116 valence electrons. The number of ether oxygens (including phenoxy) is 2. The van der Waals surface area contributed by atoms with Gasteiger partial charge in [-0.3, -0.25) is 15.1 Å². The third kappa shape index (κ3) is 4.42. The summed E-state index contributed by atoms with van der Waals surface area (Å²) in [6, 6.07) is 8.39. The van der Waals surface area contributed by atoms with Crippen molar-refractivity contribution in [1.82, 2.24) is 10.3 Å². The van der Waals surface area contributed by atoms with Crippen LogP contribution < -0.4 is 14.8 Å². The molecule has 0 saturated heterocycles. The molecule has 1 aromatic heterocycles. The van der Waals surface area contributed by atoms with Crippen LogP contribution in [0.5, 0.6) is 11.5 Å². The maximum absolute atomic E-state index is 10.9. The van der Waals surface area contributed by atoms with Crippen molar-refractivity contribution in [3.8, 4) is 11.5 Å². The molecule has 1 aromatic carbocycles. The van der Waals surface area contributed by atoms with Gasteiger partial charge in [-0.1, -0.05) is 6.07 Å². The molecule has 0 atom stereocenters. The molecule has 7 heteroatoms. The lowest BCUT2D eigenvalue weighted by Crippen LogP contribution is -2.20. The van der Waals surface area contributed by atoms with Crippen molar-refractivity contribution in [2.75, 3.05) is 20.3 Å². The minimum atomic E-state index is -0.494. The second-order valence-electron chi connectivity index (χ2n) is 4.48. The highest BCUT2D eigenvalue weighted by atomic mass is 16.6. The van der Waals surface area contributed by atoms with Crippen molar-refractivity contribution in [3.63, 3.8) is 0 Å². The third-order valence-electron chi connectivity index (χ3n) is 2.95. The van der Waals surface area contributed by atoms with Crippen molar-refractivity contribution in [2.45, 2.75) is 6.54 Å². The summed E-state index contributed by atoms with van der Waals surface area (Å²) in [5.74, 6) is 0.655. The van der Waals surface area contributed by atoms with Crippen LogP contribution in [0.4, 0.5) is 5.69 Å². The molecule has 0 aliphatic rings. The Bertz CT molecular complexity index is 619. The summed E-state index contributed by atoms with van der Waals surface area (Å²) in [7, 11) is 1.39. The van der Waals surface area contributed by atoms with Gasteiger partial charge in [-0.15, -0.1) is 0 Å². The van der Waals surface area contributed by atoms with Gasteiger partial charge in [0.2, 0.25) is 0 Å². The number of nitrogens with zero attached hydrogens (tertiary/aromatic N) is 2. The predicted molar refractivity (Wildman–Crippen MR) is 81.1 cm³/mol. The van der Waals surface area contributed by atoms with E-state index in [0.717, 1.165) is 5.56 Å². The maximum atomic E-state index is 10.9. The Kier molecular flexibility index (Phi) is 5.67. The summed E-state index contributed by atoms with van der Waals surface area (Å²) >= 11 is 0. The number of hydrogen-bond acceptors (Lipinski definition) is 6. The van der Waals surface area contributed by atoms with Crippen LogP contribution in [0, 0.1) is 10.1 Å². The molecule has 2 rings (SSSR count). The summed E-state index contributed by atoms with van der Waals surface area (Å²) in [6.07, 6.45) is 3.52. The Morgan fingerprint density at radius 2 is 2.23 bits per heavy atom. The first-order valence-electron chi connectivity index (χ1n) is 6.75. The van der Waals surface area contributed by atoms with Crippen LogP contribution in [0.3, 0.4) is 0 Å². The Labute approximate surface area is 128 Å². The molecule has 0 unspecified atom stereocenters. The number of benzene rings is 1. The third-order valence-corrected chi connectivity index (χ3v) is 2.95. The maximum Gasteiger partial charge on any atom is 0.314 e. The average molecular weight is 303 g/mol. The van der Waals surface area contributed by atoms with E-state index in [4.69, 9.17) is 9.47 Å². The molecule has 7 nitrogen and oxygen atoms in total. The number of nitro benzene ring substituents is 1. The standard InChI is InChI=1S/C15H17N3O4/c1-21-15-5-4-13(9-14(15)18(19)20)22-8-7-17-11-12-3-2-6-16-10-12/h2-6,9-10,17H,7-8,11H2,1H3. The van der Waals surface area contributed by atoms with Crippen LogP contribution in [0.15, 0.2) is 42.7 Å². The Hall–Kier alpha value is -2.67. The average Bonchev–Trinajstić information content (AvgIpc) is 2.55. The molecule has 0 aliphatic carbocycles. The molecule has 0 fully saturated rings. The first-order chi connectivity index (χ1) is 10.7. The lowest BCUT2D eigenvalue weighted by molar-refractivity contribution is -0.385. The lowest BCUT2D eigenvalue weighted by Gasteiger charge is -2.08. The van der Waals surface area contributed by atoms with E-state index >= 15 is 0 Å². The van der Waals surface area contributed by atoms with Gasteiger partial charge >= 0.3 is 5.69 Å². The molecule has 0 aliphatic heterocycles. The highest BCUT2D eigenvalue weighted by Crippen LogP contribution is 2.30.